The molecule has 0 heterocycles. The Morgan fingerprint density at radius 2 is 1.10 bits per heavy atom. The van der Waals surface area contributed by atoms with Gasteiger partial charge in [-0.15, -0.1) is 6.42 Å². The summed E-state index contributed by atoms with van der Waals surface area (Å²) in [7, 11) is 0. The molecule has 0 saturated heterocycles. The molecule has 13 nitrogen and oxygen atoms in total. The standard InChI is InChI=1S/C18H24ClNO4.C10H17NO2.C8H8ClIO2.C6H4ClIO.C6H6ClNO.C3H7Br/c1-5-15(20-17(22)24-18(2,3)4)9-7-13-6-8-14(19)12-16(13)23-11-10-21;1-6-8(7-2)11-9(12)13-10(3,4)5;9-6-1-2-7(10)8(5-6)12-4-3-11;2*7-4-1-2-5(8)6(9)3-4;1-2-3-4/h6,8,12,15,21H,5,10-11H2,1-4H3,(H,20,22);1,8H,7H2,2-5H3,(H,11,12);1-2,5,11H,3-4H2;1-3,9H;1-3,9H,8H2;2-3H2,1H3/t15-;8-;;;;/m11..../s1. The molecule has 2 amide bonds. The number of phenolic OH excluding ortho intramolecular Hbond substituents is 2. The molecule has 20 heteroatoms. The summed E-state index contributed by atoms with van der Waals surface area (Å²) in [5.41, 5.74) is 5.23. The number of phenols is 2. The lowest BCUT2D eigenvalue weighted by atomic mass is 10.1. The number of rotatable bonds is 11. The van der Waals surface area contributed by atoms with Crippen LogP contribution in [0.15, 0.2) is 72.8 Å². The Bertz CT molecular complexity index is 2230. The van der Waals surface area contributed by atoms with Gasteiger partial charge in [0.2, 0.25) is 0 Å². The van der Waals surface area contributed by atoms with Gasteiger partial charge in [0.25, 0.3) is 0 Å². The van der Waals surface area contributed by atoms with E-state index in [4.69, 9.17) is 97.9 Å². The summed E-state index contributed by atoms with van der Waals surface area (Å²) in [6.45, 7) is 17.2. The molecule has 4 aromatic carbocycles. The number of carbonyl (C=O) groups is 2. The normalized spacial score (nSPS) is 10.9. The highest BCUT2D eigenvalue weighted by Gasteiger charge is 2.19. The monoisotopic (exact) mass is 1350 g/mol. The molecule has 0 aliphatic carbocycles. The van der Waals surface area contributed by atoms with Crippen LogP contribution in [0.4, 0.5) is 15.3 Å². The molecule has 0 aliphatic rings. The Kier molecular flexibility index (Phi) is 38.3. The van der Waals surface area contributed by atoms with Crippen molar-refractivity contribution in [2.75, 3.05) is 37.5 Å². The lowest BCUT2D eigenvalue weighted by Crippen LogP contribution is -2.38. The Morgan fingerprint density at radius 3 is 1.49 bits per heavy atom. The van der Waals surface area contributed by atoms with E-state index in [0.29, 0.717) is 56.5 Å². The number of hydrogen-bond donors (Lipinski definition) is 7. The molecule has 394 valence electrons. The quantitative estimate of drug-likeness (QED) is 0.0248. The third kappa shape index (κ3) is 37.0. The number of benzene rings is 4. The Balaban J connectivity index is 0. The van der Waals surface area contributed by atoms with Gasteiger partial charge in [0.05, 0.1) is 43.7 Å². The smallest absolute Gasteiger partial charge is 0.408 e. The molecule has 0 aromatic heterocycles. The van der Waals surface area contributed by atoms with E-state index >= 15 is 0 Å². The van der Waals surface area contributed by atoms with Gasteiger partial charge in [-0.2, -0.15) is 0 Å². The van der Waals surface area contributed by atoms with Crippen molar-refractivity contribution in [3.8, 4) is 47.2 Å². The van der Waals surface area contributed by atoms with Crippen LogP contribution >= 0.6 is 108 Å². The molecule has 0 saturated carbocycles. The van der Waals surface area contributed by atoms with Crippen molar-refractivity contribution in [2.45, 2.75) is 105 Å². The van der Waals surface area contributed by atoms with Crippen LogP contribution in [0, 0.1) is 31.3 Å². The van der Waals surface area contributed by atoms with E-state index in [1.165, 1.54) is 18.6 Å². The second-order valence-electron chi connectivity index (χ2n) is 16.0. The van der Waals surface area contributed by atoms with Crippen molar-refractivity contribution in [3.63, 3.8) is 0 Å². The number of nitrogens with two attached hydrogens (primary N) is 1. The average Bonchev–Trinajstić information content (AvgIpc) is 3.29. The fourth-order valence-electron chi connectivity index (χ4n) is 4.19. The van der Waals surface area contributed by atoms with Crippen molar-refractivity contribution in [1.82, 2.24) is 10.6 Å². The first-order valence-electron chi connectivity index (χ1n) is 21.8. The minimum absolute atomic E-state index is 0.0165. The number of halogens is 7. The molecule has 0 spiro atoms. The summed E-state index contributed by atoms with van der Waals surface area (Å²) < 4.78 is 22.7. The highest BCUT2D eigenvalue weighted by molar-refractivity contribution is 14.1. The molecule has 0 unspecified atom stereocenters. The summed E-state index contributed by atoms with van der Waals surface area (Å²) in [6, 6.07) is 19.5. The van der Waals surface area contributed by atoms with Gasteiger partial charge in [0, 0.05) is 37.6 Å². The van der Waals surface area contributed by atoms with Crippen molar-refractivity contribution in [3.05, 3.63) is 106 Å². The van der Waals surface area contributed by atoms with E-state index in [2.05, 4.69) is 73.8 Å². The average molecular weight is 1360 g/mol. The number of alkyl halides is 1. The van der Waals surface area contributed by atoms with Crippen LogP contribution in [-0.4, -0.2) is 87.7 Å². The number of terminal acetylenes is 1. The predicted molar refractivity (Wildman–Crippen MR) is 311 cm³/mol. The van der Waals surface area contributed by atoms with Gasteiger partial charge in [0.15, 0.2) is 0 Å². The van der Waals surface area contributed by atoms with Crippen LogP contribution in [-0.2, 0) is 9.47 Å². The van der Waals surface area contributed by atoms with Crippen molar-refractivity contribution < 1.29 is 49.0 Å². The van der Waals surface area contributed by atoms with Crippen molar-refractivity contribution in [2.24, 2.45) is 0 Å². The number of hydrogen-bond acceptors (Lipinski definition) is 11. The molecule has 0 radical (unpaired) electrons. The molecular weight excluding hydrogens is 1290 g/mol. The number of carbonyl (C=O) groups excluding carboxylic acids is 2. The molecule has 0 aliphatic heterocycles. The van der Waals surface area contributed by atoms with Crippen LogP contribution in [0.25, 0.3) is 0 Å². The maximum absolute atomic E-state index is 11.8. The summed E-state index contributed by atoms with van der Waals surface area (Å²) in [6.07, 6.45) is 6.78. The summed E-state index contributed by atoms with van der Waals surface area (Å²) in [5, 5.41) is 44.0. The Hall–Kier alpha value is -3.44. The van der Waals surface area contributed by atoms with Crippen LogP contribution in [0.1, 0.15) is 87.1 Å². The Labute approximate surface area is 475 Å². The summed E-state index contributed by atoms with van der Waals surface area (Å²) in [5.74, 6) is 9.92. The summed E-state index contributed by atoms with van der Waals surface area (Å²) >= 11 is 30.2. The molecule has 71 heavy (non-hydrogen) atoms. The molecule has 0 fully saturated rings. The van der Waals surface area contributed by atoms with Gasteiger partial charge in [-0.3, -0.25) is 0 Å². The fourth-order valence-corrected chi connectivity index (χ4v) is 5.67. The number of aliphatic hydroxyl groups is 2. The lowest BCUT2D eigenvalue weighted by molar-refractivity contribution is 0.0503. The molecule has 0 bridgehead atoms. The van der Waals surface area contributed by atoms with Gasteiger partial charge < -0.3 is 55.7 Å². The zero-order valence-corrected chi connectivity index (χ0v) is 50.2. The Morgan fingerprint density at radius 1 is 0.690 bits per heavy atom. The first kappa shape index (κ1) is 69.6. The lowest BCUT2D eigenvalue weighted by Gasteiger charge is -2.21. The van der Waals surface area contributed by atoms with Gasteiger partial charge in [-0.1, -0.05) is 101 Å². The third-order valence-corrected chi connectivity index (χ3v) is 10.9. The molecule has 4 aromatic rings. The number of aliphatic hydroxyl groups excluding tert-OH is 2. The number of amides is 2. The highest BCUT2D eigenvalue weighted by atomic mass is 127. The summed E-state index contributed by atoms with van der Waals surface area (Å²) in [4.78, 5) is 23.0. The first-order chi connectivity index (χ1) is 33.2. The van der Waals surface area contributed by atoms with Crippen molar-refractivity contribution >= 4 is 125 Å². The van der Waals surface area contributed by atoms with Gasteiger partial charge >= 0.3 is 12.2 Å². The van der Waals surface area contributed by atoms with Crippen LogP contribution in [0.5, 0.6) is 23.0 Å². The predicted octanol–water partition coefficient (Wildman–Crippen LogP) is 13.7. The zero-order valence-electron chi connectivity index (χ0n) is 41.3. The minimum atomic E-state index is -0.558. The highest BCUT2D eigenvalue weighted by Crippen LogP contribution is 2.26. The maximum atomic E-state index is 11.8. The van der Waals surface area contributed by atoms with E-state index in [0.717, 1.165) is 18.2 Å². The number of alkyl carbamates (subject to hydrolysis) is 2. The number of ether oxygens (including phenoxy) is 4. The van der Waals surface area contributed by atoms with E-state index in [1.807, 2.05) is 63.3 Å². The van der Waals surface area contributed by atoms with E-state index in [9.17, 15) is 9.59 Å². The molecule has 8 N–H and O–H groups in total. The minimum Gasteiger partial charge on any atom is -0.507 e. The number of nitrogen functional groups attached to an aromatic ring is 1. The maximum Gasteiger partial charge on any atom is 0.408 e. The third-order valence-electron chi connectivity index (χ3n) is 7.40. The van der Waals surface area contributed by atoms with E-state index < -0.39 is 23.4 Å². The topological polar surface area (TPSA) is 202 Å². The zero-order chi connectivity index (χ0) is 54.7. The van der Waals surface area contributed by atoms with E-state index in [-0.39, 0.29) is 43.4 Å². The molecule has 2 atom stereocenters. The van der Waals surface area contributed by atoms with Crippen LogP contribution in [0.2, 0.25) is 20.1 Å². The van der Waals surface area contributed by atoms with Gasteiger partial charge in [-0.05, 0) is 167 Å². The first-order valence-corrected chi connectivity index (χ1v) is 26.6. The molecular formula is C51H66BrCl4I2N3O10. The number of aromatic hydroxyl groups is 2. The van der Waals surface area contributed by atoms with Gasteiger partial charge in [0.1, 0.15) is 47.4 Å². The largest absolute Gasteiger partial charge is 0.507 e. The second-order valence-corrected chi connectivity index (χ2v) is 20.9. The number of anilines is 1. The van der Waals surface area contributed by atoms with E-state index in [1.54, 1.807) is 75.4 Å². The second kappa shape index (κ2) is 39.1. The van der Waals surface area contributed by atoms with Gasteiger partial charge in [-0.25, -0.2) is 9.59 Å². The number of nitrogens with one attached hydrogen (secondary N) is 2. The SMILES string of the molecule is C#C[C@H](CC)NC(=O)OC(C)(C)C.CCCBr.CC[C@H](C#Cc1ccc(Cl)cc1OCCO)NC(=O)OC(C)(C)C.Nc1ccc(Cl)cc1O.OCCOc1cc(Cl)ccc1I.Oc1cc(Cl)ccc1I. The van der Waals surface area contributed by atoms with Crippen LogP contribution in [0.3, 0.4) is 0 Å². The van der Waals surface area contributed by atoms with Crippen molar-refractivity contribution in [1.29, 1.82) is 0 Å². The fraction of sp³-hybridized carbons (Fsp3) is 0.412. The molecule has 4 rings (SSSR count). The van der Waals surface area contributed by atoms with Crippen LogP contribution < -0.4 is 25.8 Å².